The van der Waals surface area contributed by atoms with Gasteiger partial charge in [0.05, 0.1) is 10.5 Å². The van der Waals surface area contributed by atoms with Crippen LogP contribution in [-0.2, 0) is 10.0 Å². The number of nitrogens with zero attached hydrogens (tertiary/aromatic N) is 2. The van der Waals surface area contributed by atoms with Gasteiger partial charge in [-0.2, -0.15) is 0 Å². The molecule has 1 aromatic rings. The van der Waals surface area contributed by atoms with E-state index in [4.69, 9.17) is 0 Å². The van der Waals surface area contributed by atoms with Crippen LogP contribution in [0.15, 0.2) is 23.1 Å². The smallest absolute Gasteiger partial charge is 0.270 e. The summed E-state index contributed by atoms with van der Waals surface area (Å²) in [6.07, 6.45) is 0.561. The van der Waals surface area contributed by atoms with E-state index in [1.54, 1.807) is 6.92 Å². The summed E-state index contributed by atoms with van der Waals surface area (Å²) in [5.74, 6) is -0.540. The highest BCUT2D eigenvalue weighted by molar-refractivity contribution is 7.89. The van der Waals surface area contributed by atoms with Crippen molar-refractivity contribution in [3.63, 3.8) is 0 Å². The normalized spacial score (nSPS) is 11.2. The zero-order valence-electron chi connectivity index (χ0n) is 12.0. The molecule has 0 unspecified atom stereocenters. The molecule has 0 radical (unpaired) electrons. The molecule has 0 heterocycles. The summed E-state index contributed by atoms with van der Waals surface area (Å²) < 4.78 is 26.7. The van der Waals surface area contributed by atoms with E-state index in [2.05, 4.69) is 4.72 Å². The fraction of sp³-hybridized carbons (Fsp3) is 0.417. The van der Waals surface area contributed by atoms with Gasteiger partial charge in [0.15, 0.2) is 0 Å². The molecule has 1 N–H and O–H groups in total. The van der Waals surface area contributed by atoms with Crippen molar-refractivity contribution in [3.05, 3.63) is 33.9 Å². The Kier molecular flexibility index (Phi) is 5.39. The van der Waals surface area contributed by atoms with Gasteiger partial charge in [-0.25, -0.2) is 13.1 Å². The zero-order chi connectivity index (χ0) is 16.2. The van der Waals surface area contributed by atoms with Crippen LogP contribution in [0.2, 0.25) is 0 Å². The molecule has 0 spiro atoms. The van der Waals surface area contributed by atoms with Gasteiger partial charge in [0.1, 0.15) is 4.90 Å². The fourth-order valence-electron chi connectivity index (χ4n) is 1.58. The number of nitro benzene ring substituents is 1. The Morgan fingerprint density at radius 3 is 2.48 bits per heavy atom. The van der Waals surface area contributed by atoms with Crippen LogP contribution >= 0.6 is 0 Å². The predicted molar refractivity (Wildman–Crippen MR) is 76.6 cm³/mol. The average Bonchev–Trinajstić information content (AvgIpc) is 2.43. The third kappa shape index (κ3) is 3.99. The van der Waals surface area contributed by atoms with Crippen LogP contribution in [0, 0.1) is 10.1 Å². The Hall–Kier alpha value is -2.00. The Morgan fingerprint density at radius 2 is 2.00 bits per heavy atom. The maximum atomic E-state index is 12.2. The first kappa shape index (κ1) is 17.1. The van der Waals surface area contributed by atoms with Crippen LogP contribution in [0.5, 0.6) is 0 Å². The van der Waals surface area contributed by atoms with Gasteiger partial charge in [0, 0.05) is 32.8 Å². The van der Waals surface area contributed by atoms with Crippen molar-refractivity contribution in [2.75, 3.05) is 20.6 Å². The van der Waals surface area contributed by atoms with Crippen molar-refractivity contribution in [1.29, 1.82) is 0 Å². The molecule has 0 aromatic heterocycles. The molecule has 0 saturated heterocycles. The van der Waals surface area contributed by atoms with Gasteiger partial charge in [-0.05, 0) is 12.5 Å². The highest BCUT2D eigenvalue weighted by atomic mass is 32.2. The minimum atomic E-state index is -3.99. The second-order valence-corrected chi connectivity index (χ2v) is 6.27. The van der Waals surface area contributed by atoms with Gasteiger partial charge in [-0.3, -0.25) is 14.9 Å². The van der Waals surface area contributed by atoms with Gasteiger partial charge in [0.25, 0.3) is 11.6 Å². The van der Waals surface area contributed by atoms with Crippen molar-refractivity contribution >= 4 is 21.6 Å². The summed E-state index contributed by atoms with van der Waals surface area (Å²) in [5, 5.41) is 10.8. The molecule has 1 rings (SSSR count). The number of benzene rings is 1. The summed E-state index contributed by atoms with van der Waals surface area (Å²) >= 11 is 0. The van der Waals surface area contributed by atoms with Crippen molar-refractivity contribution in [2.45, 2.75) is 18.2 Å². The average molecular weight is 315 g/mol. The number of amides is 1. The molecule has 8 nitrogen and oxygen atoms in total. The third-order valence-electron chi connectivity index (χ3n) is 2.64. The zero-order valence-corrected chi connectivity index (χ0v) is 12.8. The lowest BCUT2D eigenvalue weighted by atomic mass is 10.2. The third-order valence-corrected chi connectivity index (χ3v) is 4.15. The first-order chi connectivity index (χ1) is 9.70. The van der Waals surface area contributed by atoms with E-state index in [-0.39, 0.29) is 22.7 Å². The molecule has 0 fully saturated rings. The topological polar surface area (TPSA) is 110 Å². The van der Waals surface area contributed by atoms with Crippen LogP contribution < -0.4 is 4.72 Å². The SMILES string of the molecule is CCCNS(=O)(=O)c1cc([N+](=O)[O-])ccc1C(=O)N(C)C. The molecule has 1 amide bonds. The van der Waals surface area contributed by atoms with Crippen molar-refractivity contribution in [2.24, 2.45) is 0 Å². The maximum Gasteiger partial charge on any atom is 0.270 e. The highest BCUT2D eigenvalue weighted by Gasteiger charge is 2.25. The fourth-order valence-corrected chi connectivity index (χ4v) is 2.93. The second-order valence-electron chi connectivity index (χ2n) is 4.53. The number of nitro groups is 1. The van der Waals surface area contributed by atoms with E-state index in [1.165, 1.54) is 19.0 Å². The largest absolute Gasteiger partial charge is 0.345 e. The van der Waals surface area contributed by atoms with Crippen LogP contribution in [-0.4, -0.2) is 44.8 Å². The number of nitrogens with one attached hydrogen (secondary N) is 1. The highest BCUT2D eigenvalue weighted by Crippen LogP contribution is 2.23. The van der Waals surface area contributed by atoms with Crippen LogP contribution in [0.3, 0.4) is 0 Å². The van der Waals surface area contributed by atoms with Crippen LogP contribution in [0.25, 0.3) is 0 Å². The molecule has 9 heteroatoms. The number of sulfonamides is 1. The quantitative estimate of drug-likeness (QED) is 0.621. The summed E-state index contributed by atoms with van der Waals surface area (Å²) in [6.45, 7) is 1.96. The Labute approximate surface area is 123 Å². The molecule has 1 aromatic carbocycles. The first-order valence-corrected chi connectivity index (χ1v) is 7.68. The molecule has 116 valence electrons. The Balaban J connectivity index is 3.46. The van der Waals surface area contributed by atoms with E-state index in [0.717, 1.165) is 18.2 Å². The minimum Gasteiger partial charge on any atom is -0.345 e. The molecule has 0 bridgehead atoms. The summed E-state index contributed by atoms with van der Waals surface area (Å²) in [5.41, 5.74) is -0.489. The number of carbonyl (C=O) groups excluding carboxylic acids is 1. The number of carbonyl (C=O) groups is 1. The number of rotatable bonds is 6. The van der Waals surface area contributed by atoms with Crippen molar-refractivity contribution in [3.8, 4) is 0 Å². The molecule has 0 saturated carbocycles. The van der Waals surface area contributed by atoms with Crippen molar-refractivity contribution < 1.29 is 18.1 Å². The summed E-state index contributed by atoms with van der Waals surface area (Å²) in [6, 6.07) is 3.16. The standard InChI is InChI=1S/C12H17N3O5S/c1-4-7-13-21(19,20)11-8-9(15(17)18)5-6-10(11)12(16)14(2)3/h5-6,8,13H,4,7H2,1-3H3. The monoisotopic (exact) mass is 315 g/mol. The lowest BCUT2D eigenvalue weighted by Crippen LogP contribution is -2.29. The van der Waals surface area contributed by atoms with E-state index in [0.29, 0.717) is 6.42 Å². The van der Waals surface area contributed by atoms with Gasteiger partial charge < -0.3 is 4.90 Å². The number of hydrogen-bond donors (Lipinski definition) is 1. The van der Waals surface area contributed by atoms with Gasteiger partial charge >= 0.3 is 0 Å². The van der Waals surface area contributed by atoms with E-state index in [1.807, 2.05) is 0 Å². The van der Waals surface area contributed by atoms with Crippen LogP contribution in [0.4, 0.5) is 5.69 Å². The number of hydrogen-bond acceptors (Lipinski definition) is 5. The summed E-state index contributed by atoms with van der Waals surface area (Å²) in [4.78, 5) is 23.0. The van der Waals surface area contributed by atoms with Gasteiger partial charge in [0.2, 0.25) is 10.0 Å². The molecule has 0 aliphatic carbocycles. The lowest BCUT2D eigenvalue weighted by Gasteiger charge is -2.14. The van der Waals surface area contributed by atoms with Gasteiger partial charge in [-0.1, -0.05) is 6.92 Å². The van der Waals surface area contributed by atoms with Gasteiger partial charge in [-0.15, -0.1) is 0 Å². The molecule has 0 aliphatic rings. The maximum absolute atomic E-state index is 12.2. The summed E-state index contributed by atoms with van der Waals surface area (Å²) in [7, 11) is -1.05. The van der Waals surface area contributed by atoms with Crippen LogP contribution in [0.1, 0.15) is 23.7 Å². The molecular weight excluding hydrogens is 298 g/mol. The molecular formula is C12H17N3O5S. The van der Waals surface area contributed by atoms with E-state index in [9.17, 15) is 23.3 Å². The molecule has 21 heavy (non-hydrogen) atoms. The number of non-ortho nitro benzene ring substituents is 1. The second kappa shape index (κ2) is 6.64. The minimum absolute atomic E-state index is 0.103. The Morgan fingerprint density at radius 1 is 1.38 bits per heavy atom. The van der Waals surface area contributed by atoms with E-state index >= 15 is 0 Å². The van der Waals surface area contributed by atoms with Crippen molar-refractivity contribution in [1.82, 2.24) is 9.62 Å². The predicted octanol–water partition coefficient (Wildman–Crippen LogP) is 0.985. The molecule has 0 atom stereocenters. The first-order valence-electron chi connectivity index (χ1n) is 6.20. The Bertz CT molecular complexity index is 655. The molecule has 0 aliphatic heterocycles. The van der Waals surface area contributed by atoms with E-state index < -0.39 is 20.9 Å². The lowest BCUT2D eigenvalue weighted by molar-refractivity contribution is -0.385.